The van der Waals surface area contributed by atoms with Crippen LogP contribution in [0.3, 0.4) is 0 Å². The van der Waals surface area contributed by atoms with E-state index in [1.165, 1.54) is 11.0 Å². The Morgan fingerprint density at radius 2 is 2.25 bits per heavy atom. The van der Waals surface area contributed by atoms with Crippen molar-refractivity contribution in [3.05, 3.63) is 31.4 Å². The molecule has 0 fully saturated rings. The van der Waals surface area contributed by atoms with Gasteiger partial charge in [0.05, 0.1) is 6.33 Å². The third-order valence-electron chi connectivity index (χ3n) is 2.64. The first kappa shape index (κ1) is 15.7. The van der Waals surface area contributed by atoms with E-state index in [4.69, 9.17) is 5.11 Å². The monoisotopic (exact) mass is 280 g/mol. The number of aliphatic carboxylic acids is 1. The van der Waals surface area contributed by atoms with Crippen LogP contribution in [0.1, 0.15) is 12.8 Å². The Labute approximate surface area is 117 Å². The third kappa shape index (κ3) is 6.03. The molecule has 1 aromatic rings. The minimum Gasteiger partial charge on any atom is -0.480 e. The SMILES string of the molecule is C=CCN(CC(=O)O)C(=O)NCCCCn1ccnc1. The van der Waals surface area contributed by atoms with Crippen LogP contribution in [-0.4, -0.2) is 51.2 Å². The molecular formula is C13H20N4O3. The number of unbranched alkanes of at least 4 members (excludes halogenated alkanes) is 1. The summed E-state index contributed by atoms with van der Waals surface area (Å²) in [5.41, 5.74) is 0. The second kappa shape index (κ2) is 8.73. The molecule has 0 bridgehead atoms. The second-order valence-electron chi connectivity index (χ2n) is 4.30. The van der Waals surface area contributed by atoms with Gasteiger partial charge < -0.3 is 19.9 Å². The molecule has 0 aromatic carbocycles. The van der Waals surface area contributed by atoms with Crippen molar-refractivity contribution in [1.82, 2.24) is 19.8 Å². The van der Waals surface area contributed by atoms with E-state index >= 15 is 0 Å². The van der Waals surface area contributed by atoms with Crippen molar-refractivity contribution in [2.75, 3.05) is 19.6 Å². The van der Waals surface area contributed by atoms with Crippen LogP contribution in [-0.2, 0) is 11.3 Å². The van der Waals surface area contributed by atoms with Crippen LogP contribution in [0.15, 0.2) is 31.4 Å². The zero-order valence-corrected chi connectivity index (χ0v) is 11.4. The summed E-state index contributed by atoms with van der Waals surface area (Å²) < 4.78 is 1.97. The van der Waals surface area contributed by atoms with Crippen molar-refractivity contribution in [3.63, 3.8) is 0 Å². The Morgan fingerprint density at radius 3 is 2.85 bits per heavy atom. The molecule has 0 radical (unpaired) electrons. The summed E-state index contributed by atoms with van der Waals surface area (Å²) in [6, 6.07) is -0.380. The van der Waals surface area contributed by atoms with Crippen LogP contribution in [0.5, 0.6) is 0 Å². The highest BCUT2D eigenvalue weighted by molar-refractivity contribution is 5.80. The molecule has 1 rings (SSSR count). The van der Waals surface area contributed by atoms with E-state index in [1.54, 1.807) is 12.5 Å². The van der Waals surface area contributed by atoms with Gasteiger partial charge >= 0.3 is 12.0 Å². The number of carboxylic acid groups (broad SMARTS) is 1. The van der Waals surface area contributed by atoms with Gasteiger partial charge in [-0.1, -0.05) is 6.08 Å². The number of nitrogens with zero attached hydrogens (tertiary/aromatic N) is 3. The Bertz CT molecular complexity index is 431. The Balaban J connectivity index is 2.19. The molecule has 0 saturated carbocycles. The number of urea groups is 1. The lowest BCUT2D eigenvalue weighted by Crippen LogP contribution is -2.43. The molecule has 0 atom stereocenters. The van der Waals surface area contributed by atoms with Crippen LogP contribution < -0.4 is 5.32 Å². The number of aromatic nitrogens is 2. The Morgan fingerprint density at radius 1 is 1.45 bits per heavy atom. The number of carboxylic acids is 1. The number of amides is 2. The number of carbonyl (C=O) groups is 2. The average Bonchev–Trinajstić information content (AvgIpc) is 2.90. The number of aryl methyl sites for hydroxylation is 1. The summed E-state index contributed by atoms with van der Waals surface area (Å²) >= 11 is 0. The third-order valence-corrected chi connectivity index (χ3v) is 2.64. The maximum absolute atomic E-state index is 11.7. The lowest BCUT2D eigenvalue weighted by atomic mass is 10.3. The zero-order chi connectivity index (χ0) is 14.8. The van der Waals surface area contributed by atoms with Crippen LogP contribution in [0.25, 0.3) is 0 Å². The lowest BCUT2D eigenvalue weighted by Gasteiger charge is -2.19. The molecular weight excluding hydrogens is 260 g/mol. The molecule has 0 aliphatic heterocycles. The maximum Gasteiger partial charge on any atom is 0.323 e. The normalized spacial score (nSPS) is 10.0. The Hall–Kier alpha value is -2.31. The lowest BCUT2D eigenvalue weighted by molar-refractivity contribution is -0.137. The molecule has 7 nitrogen and oxygen atoms in total. The molecule has 2 amide bonds. The van der Waals surface area contributed by atoms with Crippen molar-refractivity contribution in [1.29, 1.82) is 0 Å². The standard InChI is InChI=1S/C13H20N4O3/c1-2-7-17(10-12(18)19)13(20)15-5-3-4-8-16-9-6-14-11-16/h2,6,9,11H,1,3-5,7-8,10H2,(H,15,20)(H,18,19). The number of nitrogens with one attached hydrogen (secondary N) is 1. The van der Waals surface area contributed by atoms with Crippen LogP contribution >= 0.6 is 0 Å². The number of rotatable bonds is 9. The van der Waals surface area contributed by atoms with Gasteiger partial charge in [-0.25, -0.2) is 9.78 Å². The minimum absolute atomic E-state index is 0.215. The fraction of sp³-hybridized carbons (Fsp3) is 0.462. The van der Waals surface area contributed by atoms with E-state index in [0.717, 1.165) is 19.4 Å². The predicted molar refractivity (Wildman–Crippen MR) is 74.3 cm³/mol. The highest BCUT2D eigenvalue weighted by Gasteiger charge is 2.14. The average molecular weight is 280 g/mol. The molecule has 0 spiro atoms. The molecule has 110 valence electrons. The van der Waals surface area contributed by atoms with E-state index < -0.39 is 5.97 Å². The summed E-state index contributed by atoms with van der Waals surface area (Å²) in [5, 5.41) is 11.4. The van der Waals surface area contributed by atoms with Crippen LogP contribution in [0.2, 0.25) is 0 Å². The van der Waals surface area contributed by atoms with E-state index in [0.29, 0.717) is 6.54 Å². The summed E-state index contributed by atoms with van der Waals surface area (Å²) in [6.07, 6.45) is 8.59. The summed E-state index contributed by atoms with van der Waals surface area (Å²) in [6.45, 7) is 4.76. The van der Waals surface area contributed by atoms with Gasteiger partial charge in [-0.2, -0.15) is 0 Å². The number of hydrogen-bond acceptors (Lipinski definition) is 3. The molecule has 0 aliphatic carbocycles. The van der Waals surface area contributed by atoms with Gasteiger partial charge in [-0.05, 0) is 12.8 Å². The minimum atomic E-state index is -1.04. The molecule has 0 saturated heterocycles. The topological polar surface area (TPSA) is 87.5 Å². The molecule has 20 heavy (non-hydrogen) atoms. The molecule has 0 aliphatic rings. The van der Waals surface area contributed by atoms with E-state index in [9.17, 15) is 9.59 Å². The molecule has 1 aromatic heterocycles. The fourth-order valence-electron chi connectivity index (χ4n) is 1.68. The van der Waals surface area contributed by atoms with E-state index in [1.807, 2.05) is 10.8 Å². The first-order chi connectivity index (χ1) is 9.63. The van der Waals surface area contributed by atoms with Gasteiger partial charge in [0, 0.05) is 32.0 Å². The Kier molecular flexibility index (Phi) is 6.88. The quantitative estimate of drug-likeness (QED) is 0.520. The van der Waals surface area contributed by atoms with Crippen molar-refractivity contribution < 1.29 is 14.7 Å². The van der Waals surface area contributed by atoms with Gasteiger partial charge in [0.2, 0.25) is 0 Å². The van der Waals surface area contributed by atoms with Crippen molar-refractivity contribution >= 4 is 12.0 Å². The van der Waals surface area contributed by atoms with Gasteiger partial charge in [0.15, 0.2) is 0 Å². The highest BCUT2D eigenvalue weighted by atomic mass is 16.4. The largest absolute Gasteiger partial charge is 0.480 e. The van der Waals surface area contributed by atoms with Crippen molar-refractivity contribution in [2.45, 2.75) is 19.4 Å². The second-order valence-corrected chi connectivity index (χ2v) is 4.30. The van der Waals surface area contributed by atoms with Gasteiger partial charge in [-0.15, -0.1) is 6.58 Å². The number of imidazole rings is 1. The first-order valence-corrected chi connectivity index (χ1v) is 6.44. The van der Waals surface area contributed by atoms with E-state index in [2.05, 4.69) is 16.9 Å². The van der Waals surface area contributed by atoms with Gasteiger partial charge in [0.1, 0.15) is 6.54 Å². The number of carbonyl (C=O) groups excluding carboxylic acids is 1. The highest BCUT2D eigenvalue weighted by Crippen LogP contribution is 1.95. The molecule has 7 heteroatoms. The summed E-state index contributed by atoms with van der Waals surface area (Å²) in [7, 11) is 0. The zero-order valence-electron chi connectivity index (χ0n) is 11.4. The smallest absolute Gasteiger partial charge is 0.323 e. The summed E-state index contributed by atoms with van der Waals surface area (Å²) in [4.78, 5) is 27.5. The predicted octanol–water partition coefficient (Wildman–Crippen LogP) is 0.945. The summed E-state index contributed by atoms with van der Waals surface area (Å²) in [5.74, 6) is -1.04. The molecule has 1 heterocycles. The van der Waals surface area contributed by atoms with Crippen molar-refractivity contribution in [2.24, 2.45) is 0 Å². The van der Waals surface area contributed by atoms with E-state index in [-0.39, 0.29) is 19.1 Å². The van der Waals surface area contributed by atoms with Gasteiger partial charge in [-0.3, -0.25) is 4.79 Å². The van der Waals surface area contributed by atoms with Gasteiger partial charge in [0.25, 0.3) is 0 Å². The maximum atomic E-state index is 11.7. The van der Waals surface area contributed by atoms with Crippen LogP contribution in [0.4, 0.5) is 4.79 Å². The first-order valence-electron chi connectivity index (χ1n) is 6.44. The number of hydrogen-bond donors (Lipinski definition) is 2. The van der Waals surface area contributed by atoms with Crippen molar-refractivity contribution in [3.8, 4) is 0 Å². The van der Waals surface area contributed by atoms with Crippen LogP contribution in [0, 0.1) is 0 Å². The fourth-order valence-corrected chi connectivity index (χ4v) is 1.68. The molecule has 0 unspecified atom stereocenters. The molecule has 2 N–H and O–H groups in total.